The highest BCUT2D eigenvalue weighted by Crippen LogP contribution is 2.37. The zero-order chi connectivity index (χ0) is 16.8. The third kappa shape index (κ3) is 2.31. The number of rotatable bonds is 2. The molecule has 0 atom stereocenters. The van der Waals surface area contributed by atoms with Crippen LogP contribution in [0.2, 0.25) is 5.15 Å². The zero-order valence-electron chi connectivity index (χ0n) is 13.4. The molecule has 1 N–H and O–H groups in total. The van der Waals surface area contributed by atoms with E-state index in [4.69, 9.17) is 11.6 Å². The van der Waals surface area contributed by atoms with E-state index in [1.54, 1.807) is 14.0 Å². The maximum atomic E-state index is 12.5. The van der Waals surface area contributed by atoms with E-state index in [1.165, 1.54) is 26.9 Å². The summed E-state index contributed by atoms with van der Waals surface area (Å²) >= 11 is 6.17. The van der Waals surface area contributed by atoms with Crippen molar-refractivity contribution in [1.82, 2.24) is 9.78 Å². The topological polar surface area (TPSA) is 46.9 Å². The van der Waals surface area contributed by atoms with Gasteiger partial charge in [-0.3, -0.25) is 9.48 Å². The van der Waals surface area contributed by atoms with Crippen molar-refractivity contribution in [2.45, 2.75) is 13.3 Å². The van der Waals surface area contributed by atoms with Gasteiger partial charge in [-0.25, -0.2) is 0 Å². The molecule has 24 heavy (non-hydrogen) atoms. The van der Waals surface area contributed by atoms with Gasteiger partial charge in [0.1, 0.15) is 5.15 Å². The van der Waals surface area contributed by atoms with Crippen LogP contribution in [0.25, 0.3) is 11.1 Å². The number of benzene rings is 2. The molecule has 0 unspecified atom stereocenters. The maximum absolute atomic E-state index is 12.5. The summed E-state index contributed by atoms with van der Waals surface area (Å²) in [6, 6.07) is 14.4. The number of carbonyl (C=O) groups is 1. The van der Waals surface area contributed by atoms with Gasteiger partial charge in [-0.05, 0) is 47.7 Å². The Morgan fingerprint density at radius 3 is 2.67 bits per heavy atom. The lowest BCUT2D eigenvalue weighted by atomic mass is 10.1. The van der Waals surface area contributed by atoms with Crippen molar-refractivity contribution in [3.05, 3.63) is 70.0 Å². The van der Waals surface area contributed by atoms with Gasteiger partial charge in [0.15, 0.2) is 0 Å². The Balaban J connectivity index is 1.63. The number of amides is 1. The Kier molecular flexibility index (Phi) is 3.43. The predicted octanol–water partition coefficient (Wildman–Crippen LogP) is 4.21. The van der Waals surface area contributed by atoms with Gasteiger partial charge >= 0.3 is 0 Å². The highest BCUT2D eigenvalue weighted by atomic mass is 35.5. The van der Waals surface area contributed by atoms with E-state index in [9.17, 15) is 4.79 Å². The molecule has 0 saturated carbocycles. The van der Waals surface area contributed by atoms with Gasteiger partial charge in [0.2, 0.25) is 0 Å². The normalized spacial score (nSPS) is 12.0. The van der Waals surface area contributed by atoms with Crippen molar-refractivity contribution in [2.24, 2.45) is 7.05 Å². The average molecular weight is 338 g/mol. The van der Waals surface area contributed by atoms with Crippen molar-refractivity contribution in [2.75, 3.05) is 5.32 Å². The second kappa shape index (κ2) is 5.49. The molecule has 0 radical (unpaired) electrons. The van der Waals surface area contributed by atoms with Crippen LogP contribution < -0.4 is 5.32 Å². The number of fused-ring (bicyclic) bond motifs is 3. The molecule has 4 nitrogen and oxygen atoms in total. The SMILES string of the molecule is Cc1nn(C)c(Cl)c1C(=O)Nc1ccc2c(c1)Cc1ccccc1-2. The Hall–Kier alpha value is -2.59. The minimum Gasteiger partial charge on any atom is -0.322 e. The fourth-order valence-corrected chi connectivity index (χ4v) is 3.56. The van der Waals surface area contributed by atoms with Gasteiger partial charge in [0, 0.05) is 12.7 Å². The monoisotopic (exact) mass is 337 g/mol. The first-order valence-corrected chi connectivity index (χ1v) is 8.14. The van der Waals surface area contributed by atoms with Crippen LogP contribution in [0.3, 0.4) is 0 Å². The van der Waals surface area contributed by atoms with Crippen LogP contribution in [0.4, 0.5) is 5.69 Å². The van der Waals surface area contributed by atoms with E-state index in [-0.39, 0.29) is 5.91 Å². The molecule has 0 spiro atoms. The Bertz CT molecular complexity index is 975. The molecule has 4 rings (SSSR count). The van der Waals surface area contributed by atoms with Gasteiger partial charge in [-0.2, -0.15) is 5.10 Å². The summed E-state index contributed by atoms with van der Waals surface area (Å²) in [6.07, 6.45) is 0.891. The first-order chi connectivity index (χ1) is 11.5. The van der Waals surface area contributed by atoms with Crippen LogP contribution in [0, 0.1) is 6.92 Å². The summed E-state index contributed by atoms with van der Waals surface area (Å²) in [5.74, 6) is -0.235. The van der Waals surface area contributed by atoms with E-state index in [0.29, 0.717) is 16.4 Å². The highest BCUT2D eigenvalue weighted by molar-refractivity contribution is 6.33. The minimum atomic E-state index is -0.235. The van der Waals surface area contributed by atoms with Crippen molar-refractivity contribution in [3.63, 3.8) is 0 Å². The van der Waals surface area contributed by atoms with Crippen molar-refractivity contribution >= 4 is 23.2 Å². The summed E-state index contributed by atoms with van der Waals surface area (Å²) in [5, 5.41) is 7.46. The molecule has 0 aliphatic heterocycles. The summed E-state index contributed by atoms with van der Waals surface area (Å²) in [6.45, 7) is 1.78. The van der Waals surface area contributed by atoms with E-state index in [0.717, 1.165) is 12.1 Å². The van der Waals surface area contributed by atoms with Gasteiger partial charge in [0.05, 0.1) is 11.3 Å². The fraction of sp³-hybridized carbons (Fsp3) is 0.158. The van der Waals surface area contributed by atoms with Crippen LogP contribution in [-0.4, -0.2) is 15.7 Å². The minimum absolute atomic E-state index is 0.235. The van der Waals surface area contributed by atoms with Crippen LogP contribution in [0.15, 0.2) is 42.5 Å². The van der Waals surface area contributed by atoms with Crippen molar-refractivity contribution < 1.29 is 4.79 Å². The van der Waals surface area contributed by atoms with Crippen LogP contribution >= 0.6 is 11.6 Å². The molecule has 0 bridgehead atoms. The maximum Gasteiger partial charge on any atom is 0.260 e. The molecule has 2 aromatic carbocycles. The molecule has 1 aliphatic carbocycles. The zero-order valence-corrected chi connectivity index (χ0v) is 14.2. The molecular formula is C19H16ClN3O. The van der Waals surface area contributed by atoms with Gasteiger partial charge in [0.25, 0.3) is 5.91 Å². The summed E-state index contributed by atoms with van der Waals surface area (Å²) in [4.78, 5) is 12.5. The summed E-state index contributed by atoms with van der Waals surface area (Å²) < 4.78 is 1.51. The lowest BCUT2D eigenvalue weighted by Gasteiger charge is -2.08. The molecule has 0 fully saturated rings. The number of anilines is 1. The van der Waals surface area contributed by atoms with E-state index in [2.05, 4.69) is 40.7 Å². The first kappa shape index (κ1) is 15.0. The number of carbonyl (C=O) groups excluding carboxylic acids is 1. The van der Waals surface area contributed by atoms with Gasteiger partial charge in [-0.1, -0.05) is 41.9 Å². The molecule has 5 heteroatoms. The molecule has 1 amide bonds. The van der Waals surface area contributed by atoms with Gasteiger partial charge in [-0.15, -0.1) is 0 Å². The van der Waals surface area contributed by atoms with Crippen molar-refractivity contribution in [3.8, 4) is 11.1 Å². The first-order valence-electron chi connectivity index (χ1n) is 7.76. The fourth-order valence-electron chi connectivity index (χ4n) is 3.30. The summed E-state index contributed by atoms with van der Waals surface area (Å²) in [7, 11) is 1.72. The summed E-state index contributed by atoms with van der Waals surface area (Å²) in [5.41, 5.74) is 6.86. The third-order valence-electron chi connectivity index (χ3n) is 4.43. The second-order valence-corrected chi connectivity index (χ2v) is 6.39. The largest absolute Gasteiger partial charge is 0.322 e. The number of aromatic nitrogens is 2. The average Bonchev–Trinajstić information content (AvgIpc) is 3.04. The Morgan fingerprint density at radius 2 is 1.92 bits per heavy atom. The molecule has 120 valence electrons. The molecule has 1 heterocycles. The number of nitrogens with zero attached hydrogens (tertiary/aromatic N) is 2. The van der Waals surface area contributed by atoms with E-state index in [1.807, 2.05) is 12.1 Å². The quantitative estimate of drug-likeness (QED) is 0.595. The van der Waals surface area contributed by atoms with Crippen LogP contribution in [0.5, 0.6) is 0 Å². The highest BCUT2D eigenvalue weighted by Gasteiger charge is 2.21. The molecule has 1 aliphatic rings. The Morgan fingerprint density at radius 1 is 1.17 bits per heavy atom. The van der Waals surface area contributed by atoms with E-state index < -0.39 is 0 Å². The van der Waals surface area contributed by atoms with E-state index >= 15 is 0 Å². The van der Waals surface area contributed by atoms with Crippen LogP contribution in [0.1, 0.15) is 27.2 Å². The smallest absolute Gasteiger partial charge is 0.260 e. The predicted molar refractivity (Wildman–Crippen MR) is 95.6 cm³/mol. The second-order valence-electron chi connectivity index (χ2n) is 6.03. The lowest BCUT2D eigenvalue weighted by molar-refractivity contribution is 0.102. The van der Waals surface area contributed by atoms with Crippen molar-refractivity contribution in [1.29, 1.82) is 0 Å². The number of hydrogen-bond donors (Lipinski definition) is 1. The molecule has 1 aromatic heterocycles. The number of nitrogens with one attached hydrogen (secondary N) is 1. The number of halogens is 1. The molecule has 0 saturated heterocycles. The number of aryl methyl sites for hydroxylation is 2. The Labute approximate surface area is 145 Å². The number of hydrogen-bond acceptors (Lipinski definition) is 2. The third-order valence-corrected chi connectivity index (χ3v) is 4.86. The lowest BCUT2D eigenvalue weighted by Crippen LogP contribution is -2.13. The molecule has 3 aromatic rings. The molecular weight excluding hydrogens is 322 g/mol. The van der Waals surface area contributed by atoms with Crippen LogP contribution in [-0.2, 0) is 13.5 Å². The van der Waals surface area contributed by atoms with Gasteiger partial charge < -0.3 is 5.32 Å². The standard InChI is InChI=1S/C19H16ClN3O/c1-11-17(18(20)23(2)22-11)19(24)21-14-7-8-16-13(10-14)9-12-5-3-4-6-15(12)16/h3-8,10H,9H2,1-2H3,(H,21,24).